The van der Waals surface area contributed by atoms with Crippen LogP contribution >= 0.6 is 0 Å². The number of carbonyl (C=O) groups is 1. The number of carbonyl (C=O) groups excluding carboxylic acids is 1. The van der Waals surface area contributed by atoms with E-state index in [1.807, 2.05) is 47.3 Å². The van der Waals surface area contributed by atoms with Crippen LogP contribution in [-0.2, 0) is 6.42 Å². The standard InChI is InChI=1S/C17H17N3O/c1-12(2)20-10-8-14(19-20)11-16(21)15-7-3-5-13-6-4-9-18-17(13)15/h3-10,12H,11H2,1-2H3. The summed E-state index contributed by atoms with van der Waals surface area (Å²) < 4.78 is 1.87. The van der Waals surface area contributed by atoms with Crippen molar-refractivity contribution in [2.75, 3.05) is 0 Å². The van der Waals surface area contributed by atoms with E-state index in [0.29, 0.717) is 18.0 Å². The molecule has 2 heterocycles. The molecular weight excluding hydrogens is 262 g/mol. The third-order valence-corrected chi connectivity index (χ3v) is 3.47. The second kappa shape index (κ2) is 5.48. The number of rotatable bonds is 4. The zero-order chi connectivity index (χ0) is 14.8. The molecular formula is C17H17N3O. The molecule has 3 rings (SSSR count). The van der Waals surface area contributed by atoms with Crippen molar-refractivity contribution in [2.45, 2.75) is 26.3 Å². The van der Waals surface area contributed by atoms with Crippen LogP contribution in [0.5, 0.6) is 0 Å². The van der Waals surface area contributed by atoms with Gasteiger partial charge in [0.2, 0.25) is 0 Å². The van der Waals surface area contributed by atoms with Gasteiger partial charge in [0, 0.05) is 29.4 Å². The summed E-state index contributed by atoms with van der Waals surface area (Å²) in [4.78, 5) is 16.8. The average molecular weight is 279 g/mol. The molecule has 4 heteroatoms. The van der Waals surface area contributed by atoms with Crippen LogP contribution in [0.1, 0.15) is 35.9 Å². The molecule has 0 amide bonds. The lowest BCUT2D eigenvalue weighted by atomic mass is 10.0. The number of hydrogen-bond donors (Lipinski definition) is 0. The minimum absolute atomic E-state index is 0.0494. The predicted octanol–water partition coefficient (Wildman–Crippen LogP) is 3.44. The molecule has 0 spiro atoms. The first-order chi connectivity index (χ1) is 10.1. The van der Waals surface area contributed by atoms with E-state index >= 15 is 0 Å². The number of benzene rings is 1. The van der Waals surface area contributed by atoms with Crippen LogP contribution in [0.2, 0.25) is 0 Å². The first kappa shape index (κ1) is 13.5. The van der Waals surface area contributed by atoms with Crippen LogP contribution in [-0.4, -0.2) is 20.5 Å². The molecule has 2 aromatic heterocycles. The maximum atomic E-state index is 12.5. The lowest BCUT2D eigenvalue weighted by Crippen LogP contribution is -2.07. The van der Waals surface area contributed by atoms with Gasteiger partial charge in [-0.25, -0.2) is 0 Å². The fraction of sp³-hybridized carbons (Fsp3) is 0.235. The van der Waals surface area contributed by atoms with Gasteiger partial charge in [-0.3, -0.25) is 14.5 Å². The highest BCUT2D eigenvalue weighted by atomic mass is 16.1. The molecule has 0 saturated heterocycles. The summed E-state index contributed by atoms with van der Waals surface area (Å²) >= 11 is 0. The van der Waals surface area contributed by atoms with Gasteiger partial charge in [-0.1, -0.05) is 18.2 Å². The molecule has 4 nitrogen and oxygen atoms in total. The lowest BCUT2D eigenvalue weighted by molar-refractivity contribution is 0.0993. The fourth-order valence-corrected chi connectivity index (χ4v) is 2.35. The second-order valence-corrected chi connectivity index (χ2v) is 5.36. The minimum Gasteiger partial charge on any atom is -0.294 e. The molecule has 3 aromatic rings. The van der Waals surface area contributed by atoms with Crippen LogP contribution in [0, 0.1) is 0 Å². The summed E-state index contributed by atoms with van der Waals surface area (Å²) in [6.45, 7) is 4.13. The Labute approximate surface area is 123 Å². The lowest BCUT2D eigenvalue weighted by Gasteiger charge is -2.05. The molecule has 0 aliphatic carbocycles. The first-order valence-corrected chi connectivity index (χ1v) is 7.06. The summed E-state index contributed by atoms with van der Waals surface area (Å²) in [5.41, 5.74) is 2.21. The zero-order valence-electron chi connectivity index (χ0n) is 12.2. The summed E-state index contributed by atoms with van der Waals surface area (Å²) in [6, 6.07) is 11.7. The Balaban J connectivity index is 1.90. The summed E-state index contributed by atoms with van der Waals surface area (Å²) in [6.07, 6.45) is 3.93. The fourth-order valence-electron chi connectivity index (χ4n) is 2.35. The summed E-state index contributed by atoms with van der Waals surface area (Å²) in [5.74, 6) is 0.0494. The molecule has 0 aliphatic heterocycles. The smallest absolute Gasteiger partial charge is 0.171 e. The first-order valence-electron chi connectivity index (χ1n) is 7.06. The third-order valence-electron chi connectivity index (χ3n) is 3.47. The van der Waals surface area contributed by atoms with E-state index in [-0.39, 0.29) is 5.78 Å². The van der Waals surface area contributed by atoms with Crippen molar-refractivity contribution in [3.63, 3.8) is 0 Å². The van der Waals surface area contributed by atoms with Gasteiger partial charge in [0.15, 0.2) is 5.78 Å². The van der Waals surface area contributed by atoms with E-state index < -0.39 is 0 Å². The number of fused-ring (bicyclic) bond motifs is 1. The molecule has 0 fully saturated rings. The molecule has 0 radical (unpaired) electrons. The quantitative estimate of drug-likeness (QED) is 0.687. The minimum atomic E-state index is 0.0494. The van der Waals surface area contributed by atoms with Gasteiger partial charge < -0.3 is 0 Å². The number of aromatic nitrogens is 3. The Hall–Kier alpha value is -2.49. The molecule has 0 N–H and O–H groups in total. The number of nitrogens with zero attached hydrogens (tertiary/aromatic N) is 3. The average Bonchev–Trinajstić information content (AvgIpc) is 2.95. The molecule has 0 atom stereocenters. The van der Waals surface area contributed by atoms with Crippen molar-refractivity contribution in [3.05, 3.63) is 60.0 Å². The van der Waals surface area contributed by atoms with Crippen LogP contribution in [0.4, 0.5) is 0 Å². The van der Waals surface area contributed by atoms with Gasteiger partial charge >= 0.3 is 0 Å². The monoisotopic (exact) mass is 279 g/mol. The van der Waals surface area contributed by atoms with Crippen LogP contribution in [0.3, 0.4) is 0 Å². The Bertz CT molecular complexity index is 784. The van der Waals surface area contributed by atoms with Crippen molar-refractivity contribution in [1.82, 2.24) is 14.8 Å². The van der Waals surface area contributed by atoms with Crippen LogP contribution in [0.15, 0.2) is 48.8 Å². The van der Waals surface area contributed by atoms with E-state index in [1.165, 1.54) is 0 Å². The predicted molar refractivity (Wildman–Crippen MR) is 82.4 cm³/mol. The van der Waals surface area contributed by atoms with Gasteiger partial charge in [-0.15, -0.1) is 0 Å². The number of hydrogen-bond acceptors (Lipinski definition) is 3. The van der Waals surface area contributed by atoms with E-state index in [2.05, 4.69) is 23.9 Å². The number of Topliss-reactive ketones (excluding diaryl/α,β-unsaturated/α-hetero) is 1. The van der Waals surface area contributed by atoms with E-state index in [0.717, 1.165) is 16.6 Å². The Morgan fingerprint density at radius 1 is 1.19 bits per heavy atom. The highest BCUT2D eigenvalue weighted by Crippen LogP contribution is 2.18. The van der Waals surface area contributed by atoms with E-state index in [4.69, 9.17) is 0 Å². The van der Waals surface area contributed by atoms with Gasteiger partial charge in [0.25, 0.3) is 0 Å². The maximum absolute atomic E-state index is 12.5. The van der Waals surface area contributed by atoms with Gasteiger partial charge in [-0.2, -0.15) is 5.10 Å². The molecule has 0 aliphatic rings. The Morgan fingerprint density at radius 2 is 2.00 bits per heavy atom. The SMILES string of the molecule is CC(C)n1ccc(CC(=O)c2cccc3cccnc23)n1. The van der Waals surface area contributed by atoms with Gasteiger partial charge in [0.05, 0.1) is 17.6 Å². The van der Waals surface area contributed by atoms with Crippen molar-refractivity contribution < 1.29 is 4.79 Å². The molecule has 0 bridgehead atoms. The zero-order valence-corrected chi connectivity index (χ0v) is 12.2. The van der Waals surface area contributed by atoms with Crippen molar-refractivity contribution in [1.29, 1.82) is 0 Å². The molecule has 21 heavy (non-hydrogen) atoms. The van der Waals surface area contributed by atoms with Crippen LogP contribution in [0.25, 0.3) is 10.9 Å². The topological polar surface area (TPSA) is 47.8 Å². The van der Waals surface area contributed by atoms with E-state index in [9.17, 15) is 4.79 Å². The second-order valence-electron chi connectivity index (χ2n) is 5.36. The van der Waals surface area contributed by atoms with Gasteiger partial charge in [-0.05, 0) is 32.0 Å². The molecule has 106 valence electrons. The highest BCUT2D eigenvalue weighted by Gasteiger charge is 2.13. The summed E-state index contributed by atoms with van der Waals surface area (Å²) in [5, 5.41) is 5.41. The number of para-hydroxylation sites is 1. The Kier molecular flexibility index (Phi) is 3.52. The van der Waals surface area contributed by atoms with Crippen LogP contribution < -0.4 is 0 Å². The maximum Gasteiger partial charge on any atom is 0.171 e. The number of pyridine rings is 1. The van der Waals surface area contributed by atoms with Crippen molar-refractivity contribution in [2.24, 2.45) is 0 Å². The Morgan fingerprint density at radius 3 is 2.76 bits per heavy atom. The molecule has 0 unspecified atom stereocenters. The normalized spacial score (nSPS) is 11.2. The molecule has 0 saturated carbocycles. The summed E-state index contributed by atoms with van der Waals surface area (Å²) in [7, 11) is 0. The van der Waals surface area contributed by atoms with Crippen molar-refractivity contribution >= 4 is 16.7 Å². The van der Waals surface area contributed by atoms with E-state index in [1.54, 1.807) is 6.20 Å². The third kappa shape index (κ3) is 2.70. The largest absolute Gasteiger partial charge is 0.294 e. The molecule has 1 aromatic carbocycles. The highest BCUT2D eigenvalue weighted by molar-refractivity contribution is 6.07. The van der Waals surface area contributed by atoms with Gasteiger partial charge in [0.1, 0.15) is 0 Å². The van der Waals surface area contributed by atoms with Crippen molar-refractivity contribution in [3.8, 4) is 0 Å². The number of ketones is 1.